The quantitative estimate of drug-likeness (QED) is 0.196. The molecule has 4 aromatic rings. The first-order valence-electron chi connectivity index (χ1n) is 12.3. The van der Waals surface area contributed by atoms with E-state index in [4.69, 9.17) is 14.5 Å². The van der Waals surface area contributed by atoms with Gasteiger partial charge in [-0.1, -0.05) is 36.4 Å². The second-order valence-corrected chi connectivity index (χ2v) is 10.2. The summed E-state index contributed by atoms with van der Waals surface area (Å²) in [4.78, 5) is 13.9. The Kier molecular flexibility index (Phi) is 6.81. The molecule has 2 aliphatic rings. The molecule has 0 N–H and O–H groups in total. The van der Waals surface area contributed by atoms with E-state index in [0.717, 1.165) is 16.1 Å². The molecule has 1 aromatic heterocycles. The summed E-state index contributed by atoms with van der Waals surface area (Å²) in [6.07, 6.45) is 3.87. The zero-order valence-corrected chi connectivity index (χ0v) is 21.6. The number of benzene rings is 3. The molecule has 0 spiro atoms. The van der Waals surface area contributed by atoms with Crippen LogP contribution in [-0.2, 0) is 17.9 Å². The van der Waals surface area contributed by atoms with E-state index in [9.17, 15) is 4.39 Å². The Balaban J connectivity index is 1.14. The number of ether oxygens (including phenoxy) is 2. The van der Waals surface area contributed by atoms with Crippen molar-refractivity contribution >= 4 is 21.6 Å². The largest absolute Gasteiger partial charge is 0.491 e. The number of imidazole rings is 1. The van der Waals surface area contributed by atoms with Crippen LogP contribution in [0, 0.1) is 12.7 Å². The number of aryl methyl sites for hydroxylation is 1. The molecule has 0 fully saturated rings. The lowest BCUT2D eigenvalue weighted by Crippen LogP contribution is -2.07. The first kappa shape index (κ1) is 24.2. The van der Waals surface area contributed by atoms with Gasteiger partial charge in [0.15, 0.2) is 5.82 Å². The van der Waals surface area contributed by atoms with Gasteiger partial charge in [0.1, 0.15) is 28.9 Å². The number of pyridine rings is 1. The van der Waals surface area contributed by atoms with E-state index in [2.05, 4.69) is 35.1 Å². The van der Waals surface area contributed by atoms with Gasteiger partial charge in [-0.2, -0.15) is 0 Å². The molecule has 38 heavy (non-hydrogen) atoms. The maximum Gasteiger partial charge on any atom is 0.163 e. The maximum atomic E-state index is 14.7. The Morgan fingerprint density at radius 2 is 1.76 bits per heavy atom. The van der Waals surface area contributed by atoms with Crippen LogP contribution in [0.25, 0.3) is 33.0 Å². The highest BCUT2D eigenvalue weighted by atomic mass is 32.1. The Hall–Kier alpha value is -4.14. The molecule has 8 heteroatoms. The first-order valence-corrected chi connectivity index (χ1v) is 13.2. The molecule has 6 rings (SSSR count). The molecule has 6 nitrogen and oxygen atoms in total. The Labute approximate surface area is 223 Å². The average Bonchev–Trinajstić information content (AvgIpc) is 3.53. The summed E-state index contributed by atoms with van der Waals surface area (Å²) >= 11 is 1.69. The predicted molar refractivity (Wildman–Crippen MR) is 147 cm³/mol. The number of nitrogens with zero attached hydrogens (tertiary/aromatic N) is 4. The van der Waals surface area contributed by atoms with Gasteiger partial charge in [0.05, 0.1) is 41.2 Å². The van der Waals surface area contributed by atoms with Crippen LogP contribution in [-0.4, -0.2) is 32.7 Å². The van der Waals surface area contributed by atoms with Crippen LogP contribution >= 0.6 is 11.3 Å². The smallest absolute Gasteiger partial charge is 0.163 e. The van der Waals surface area contributed by atoms with E-state index in [1.54, 1.807) is 23.5 Å². The third-order valence-corrected chi connectivity index (χ3v) is 7.12. The molecule has 0 atom stereocenters. The second-order valence-electron chi connectivity index (χ2n) is 9.04. The van der Waals surface area contributed by atoms with Crippen molar-refractivity contribution in [2.75, 3.05) is 13.2 Å². The number of rotatable bonds is 9. The van der Waals surface area contributed by atoms with E-state index in [0.29, 0.717) is 54.9 Å². The lowest BCUT2D eigenvalue weighted by molar-refractivity contribution is 0.0889. The molecule has 0 bridgehead atoms. The third-order valence-electron chi connectivity index (χ3n) is 6.12. The fourth-order valence-corrected chi connectivity index (χ4v) is 5.30. The van der Waals surface area contributed by atoms with Crippen molar-refractivity contribution in [1.29, 1.82) is 0 Å². The minimum absolute atomic E-state index is 0.303. The number of aromatic nitrogens is 4. The Bertz CT molecular complexity index is 1660. The van der Waals surface area contributed by atoms with E-state index < -0.39 is 5.82 Å². The molecule has 0 unspecified atom stereocenters. The van der Waals surface area contributed by atoms with Gasteiger partial charge in [0.2, 0.25) is 0 Å². The maximum absolute atomic E-state index is 14.7. The van der Waals surface area contributed by atoms with Crippen molar-refractivity contribution in [1.82, 2.24) is 19.5 Å². The van der Waals surface area contributed by atoms with Crippen molar-refractivity contribution in [2.24, 2.45) is 0 Å². The summed E-state index contributed by atoms with van der Waals surface area (Å²) < 4.78 is 29.4. The Morgan fingerprint density at radius 1 is 0.895 bits per heavy atom. The minimum atomic E-state index is -0.398. The van der Waals surface area contributed by atoms with Gasteiger partial charge in [-0.3, -0.25) is 0 Å². The van der Waals surface area contributed by atoms with Crippen molar-refractivity contribution in [3.05, 3.63) is 107 Å². The number of fused-ring (bicyclic) bond motifs is 2. The van der Waals surface area contributed by atoms with E-state index >= 15 is 0 Å². The number of hydrogen-bond donors (Lipinski definition) is 0. The molecule has 0 saturated heterocycles. The molecule has 3 aromatic carbocycles. The predicted octanol–water partition coefficient (Wildman–Crippen LogP) is 6.75. The van der Waals surface area contributed by atoms with Crippen molar-refractivity contribution < 1.29 is 13.9 Å². The first-order chi connectivity index (χ1) is 18.6. The monoisotopic (exact) mass is 524 g/mol. The molecule has 0 saturated carbocycles. The van der Waals surface area contributed by atoms with Gasteiger partial charge in [0.25, 0.3) is 0 Å². The lowest BCUT2D eigenvalue weighted by atomic mass is 10.2. The van der Waals surface area contributed by atoms with E-state index in [1.807, 2.05) is 53.4 Å². The molecular weight excluding hydrogens is 499 g/mol. The highest BCUT2D eigenvalue weighted by molar-refractivity contribution is 7.18. The highest BCUT2D eigenvalue weighted by Gasteiger charge is 2.17. The van der Waals surface area contributed by atoms with E-state index in [1.165, 1.54) is 16.3 Å². The van der Waals surface area contributed by atoms with Gasteiger partial charge in [-0.05, 0) is 54.4 Å². The standard InChI is InChI=1S/C30H25FN4O2S/c1-20-7-10-26-28(15-20)38-29(32-26)18-35-12-11-25-27(17-35)34-30(33-25)23-16-22(8-9-24(23)31)37-14-13-36-19-21-5-3-2-4-6-21/h2-12,15-17H,13-14,18-19H2,1H3. The zero-order chi connectivity index (χ0) is 25.9. The van der Waals surface area contributed by atoms with Crippen molar-refractivity contribution in [3.63, 3.8) is 0 Å². The van der Waals surface area contributed by atoms with Crippen LogP contribution in [0.2, 0.25) is 0 Å². The summed E-state index contributed by atoms with van der Waals surface area (Å²) in [7, 11) is 0. The fraction of sp³-hybridized carbons (Fsp3) is 0.167. The van der Waals surface area contributed by atoms with Crippen LogP contribution in [0.15, 0.2) is 85.2 Å². The second kappa shape index (κ2) is 10.7. The fourth-order valence-electron chi connectivity index (χ4n) is 4.22. The molecule has 0 radical (unpaired) electrons. The summed E-state index contributed by atoms with van der Waals surface area (Å²) in [6.45, 7) is 4.01. The number of halogens is 1. The van der Waals surface area contributed by atoms with Gasteiger partial charge in [0, 0.05) is 12.4 Å². The molecule has 2 aliphatic heterocycles. The molecule has 3 heterocycles. The number of hydrogen-bond acceptors (Lipinski definition) is 6. The normalized spacial score (nSPS) is 11.4. The highest BCUT2D eigenvalue weighted by Crippen LogP contribution is 2.30. The SMILES string of the molecule is Cc1ccc2nc(Cn3ccc4nc(-c5cc(OCCOCc6ccccc6)ccc5F)nc-4c3)sc2c1. The van der Waals surface area contributed by atoms with Crippen molar-refractivity contribution in [2.45, 2.75) is 20.1 Å². The minimum Gasteiger partial charge on any atom is -0.491 e. The average molecular weight is 525 g/mol. The summed E-state index contributed by atoms with van der Waals surface area (Å²) in [5.41, 5.74) is 5.04. The van der Waals surface area contributed by atoms with Gasteiger partial charge >= 0.3 is 0 Å². The molecule has 190 valence electrons. The summed E-state index contributed by atoms with van der Waals surface area (Å²) in [5.74, 6) is 0.474. The summed E-state index contributed by atoms with van der Waals surface area (Å²) in [5, 5.41) is 1.01. The van der Waals surface area contributed by atoms with Crippen LogP contribution in [0.4, 0.5) is 4.39 Å². The Morgan fingerprint density at radius 3 is 2.66 bits per heavy atom. The van der Waals surface area contributed by atoms with Gasteiger partial charge in [-0.15, -0.1) is 11.3 Å². The van der Waals surface area contributed by atoms with Gasteiger partial charge < -0.3 is 14.0 Å². The topological polar surface area (TPSA) is 62.1 Å². The van der Waals surface area contributed by atoms with Crippen LogP contribution in [0.1, 0.15) is 16.1 Å². The summed E-state index contributed by atoms with van der Waals surface area (Å²) in [6, 6.07) is 22.8. The van der Waals surface area contributed by atoms with Gasteiger partial charge in [-0.25, -0.2) is 19.3 Å². The molecule has 0 amide bonds. The van der Waals surface area contributed by atoms with Crippen LogP contribution in [0.3, 0.4) is 0 Å². The zero-order valence-electron chi connectivity index (χ0n) is 20.8. The van der Waals surface area contributed by atoms with Crippen LogP contribution in [0.5, 0.6) is 5.75 Å². The number of thiazole rings is 1. The third kappa shape index (κ3) is 5.41. The van der Waals surface area contributed by atoms with Crippen LogP contribution < -0.4 is 4.74 Å². The molecule has 0 aliphatic carbocycles. The lowest BCUT2D eigenvalue weighted by Gasteiger charge is -2.08. The van der Waals surface area contributed by atoms with Crippen molar-refractivity contribution in [3.8, 4) is 28.5 Å². The molecular formula is C30H25FN4O2S. The van der Waals surface area contributed by atoms with E-state index in [-0.39, 0.29) is 0 Å².